The number of pyridine rings is 1. The van der Waals surface area contributed by atoms with Crippen LogP contribution in [0.4, 0.5) is 0 Å². The Morgan fingerprint density at radius 1 is 1.11 bits per heavy atom. The minimum Gasteiger partial charge on any atom is -0.330 e. The second-order valence-corrected chi connectivity index (χ2v) is 7.15. The summed E-state index contributed by atoms with van der Waals surface area (Å²) in [6, 6.07) is 13.7. The van der Waals surface area contributed by atoms with Gasteiger partial charge in [0.15, 0.2) is 5.82 Å². The molecular formula is C22H25N5O. The number of nitrogens with zero attached hydrogens (tertiary/aromatic N) is 5. The number of carbonyl (C=O) groups excluding carboxylic acids is 1. The minimum absolute atomic E-state index is 0.0507. The molecule has 28 heavy (non-hydrogen) atoms. The molecule has 1 atom stereocenters. The Balaban J connectivity index is 1.56. The van der Waals surface area contributed by atoms with Crippen LogP contribution in [0.15, 0.2) is 55.0 Å². The molecule has 1 saturated heterocycles. The smallest absolute Gasteiger partial charge is 0.254 e. The molecule has 144 valence electrons. The number of aryl methyl sites for hydroxylation is 1. The number of hydrogen-bond acceptors (Lipinski definition) is 4. The summed E-state index contributed by atoms with van der Waals surface area (Å²) in [5.74, 6) is 0.905. The van der Waals surface area contributed by atoms with Gasteiger partial charge in [-0.2, -0.15) is 5.10 Å². The molecule has 1 aliphatic rings. The van der Waals surface area contributed by atoms with Gasteiger partial charge in [0.25, 0.3) is 5.91 Å². The molecular weight excluding hydrogens is 350 g/mol. The average Bonchev–Trinajstić information content (AvgIpc) is 3.22. The molecule has 1 amide bonds. The summed E-state index contributed by atoms with van der Waals surface area (Å²) in [6.07, 6.45) is 7.49. The highest BCUT2D eigenvalue weighted by atomic mass is 16.2. The lowest BCUT2D eigenvalue weighted by Crippen LogP contribution is -2.38. The van der Waals surface area contributed by atoms with E-state index in [9.17, 15) is 4.79 Å². The molecule has 1 aliphatic heterocycles. The van der Waals surface area contributed by atoms with Gasteiger partial charge in [0, 0.05) is 30.4 Å². The minimum atomic E-state index is 0.0507. The van der Waals surface area contributed by atoms with Gasteiger partial charge in [-0.25, -0.2) is 9.67 Å². The van der Waals surface area contributed by atoms with E-state index in [0.717, 1.165) is 55.9 Å². The van der Waals surface area contributed by atoms with E-state index in [0.29, 0.717) is 5.56 Å². The molecule has 1 aromatic carbocycles. The van der Waals surface area contributed by atoms with Gasteiger partial charge >= 0.3 is 0 Å². The summed E-state index contributed by atoms with van der Waals surface area (Å²) in [5, 5.41) is 4.28. The van der Waals surface area contributed by atoms with Crippen LogP contribution in [0.5, 0.6) is 0 Å². The van der Waals surface area contributed by atoms with Gasteiger partial charge in [-0.1, -0.05) is 25.1 Å². The fourth-order valence-corrected chi connectivity index (χ4v) is 3.85. The van der Waals surface area contributed by atoms with E-state index in [1.165, 1.54) is 0 Å². The maximum Gasteiger partial charge on any atom is 0.254 e. The van der Waals surface area contributed by atoms with Crippen LogP contribution < -0.4 is 0 Å². The quantitative estimate of drug-likeness (QED) is 0.673. The molecule has 6 heteroatoms. The number of piperidine rings is 1. The van der Waals surface area contributed by atoms with E-state index in [1.807, 2.05) is 52.0 Å². The normalized spacial score (nSPS) is 16.9. The van der Waals surface area contributed by atoms with Gasteiger partial charge in [0.1, 0.15) is 6.33 Å². The highest BCUT2D eigenvalue weighted by molar-refractivity contribution is 5.95. The average molecular weight is 375 g/mol. The van der Waals surface area contributed by atoms with Crippen LogP contribution in [-0.2, 0) is 6.54 Å². The highest BCUT2D eigenvalue weighted by Crippen LogP contribution is 2.31. The molecule has 6 nitrogen and oxygen atoms in total. The van der Waals surface area contributed by atoms with Gasteiger partial charge in [0.2, 0.25) is 0 Å². The zero-order chi connectivity index (χ0) is 19.3. The van der Waals surface area contributed by atoms with Gasteiger partial charge in [-0.05, 0) is 49.9 Å². The maximum absolute atomic E-state index is 13.2. The van der Waals surface area contributed by atoms with Crippen molar-refractivity contribution < 1.29 is 4.79 Å². The first-order valence-electron chi connectivity index (χ1n) is 9.98. The predicted molar refractivity (Wildman–Crippen MR) is 108 cm³/mol. The van der Waals surface area contributed by atoms with Crippen LogP contribution in [0.3, 0.4) is 0 Å². The monoisotopic (exact) mass is 375 g/mol. The first kappa shape index (κ1) is 18.3. The second kappa shape index (κ2) is 8.33. The Labute approximate surface area is 165 Å². The van der Waals surface area contributed by atoms with Crippen molar-refractivity contribution in [2.75, 3.05) is 6.54 Å². The molecule has 0 saturated carbocycles. The third-order valence-electron chi connectivity index (χ3n) is 5.23. The molecule has 0 spiro atoms. The molecule has 0 bridgehead atoms. The fourth-order valence-electron chi connectivity index (χ4n) is 3.85. The van der Waals surface area contributed by atoms with Crippen molar-refractivity contribution in [2.24, 2.45) is 0 Å². The van der Waals surface area contributed by atoms with Gasteiger partial charge in [-0.15, -0.1) is 0 Å². The lowest BCUT2D eigenvalue weighted by atomic mass is 9.97. The topological polar surface area (TPSA) is 63.9 Å². The Morgan fingerprint density at radius 3 is 2.71 bits per heavy atom. The highest BCUT2D eigenvalue weighted by Gasteiger charge is 2.29. The van der Waals surface area contributed by atoms with Crippen molar-refractivity contribution in [3.63, 3.8) is 0 Å². The van der Waals surface area contributed by atoms with Crippen molar-refractivity contribution in [1.29, 1.82) is 0 Å². The first-order valence-corrected chi connectivity index (χ1v) is 9.98. The zero-order valence-corrected chi connectivity index (χ0v) is 16.2. The summed E-state index contributed by atoms with van der Waals surface area (Å²) in [7, 11) is 0. The molecule has 1 unspecified atom stereocenters. The molecule has 0 aliphatic carbocycles. The van der Waals surface area contributed by atoms with Crippen LogP contribution in [0.25, 0.3) is 11.4 Å². The Hall–Kier alpha value is -3.02. The number of carbonyl (C=O) groups is 1. The van der Waals surface area contributed by atoms with Crippen LogP contribution in [-0.4, -0.2) is 37.1 Å². The van der Waals surface area contributed by atoms with Crippen molar-refractivity contribution in [1.82, 2.24) is 24.6 Å². The van der Waals surface area contributed by atoms with Crippen LogP contribution in [0.2, 0.25) is 0 Å². The van der Waals surface area contributed by atoms with Gasteiger partial charge < -0.3 is 4.90 Å². The largest absolute Gasteiger partial charge is 0.330 e. The van der Waals surface area contributed by atoms with Crippen molar-refractivity contribution in [2.45, 2.75) is 45.2 Å². The lowest BCUT2D eigenvalue weighted by molar-refractivity contribution is 0.0606. The third-order valence-corrected chi connectivity index (χ3v) is 5.23. The molecule has 3 aromatic rings. The summed E-state index contributed by atoms with van der Waals surface area (Å²) >= 11 is 0. The molecule has 4 rings (SSSR count). The molecule has 2 aromatic heterocycles. The van der Waals surface area contributed by atoms with Crippen LogP contribution in [0.1, 0.15) is 54.7 Å². The number of hydrogen-bond donors (Lipinski definition) is 0. The van der Waals surface area contributed by atoms with E-state index in [4.69, 9.17) is 0 Å². The van der Waals surface area contributed by atoms with Gasteiger partial charge in [0.05, 0.1) is 11.7 Å². The van der Waals surface area contributed by atoms with E-state index in [-0.39, 0.29) is 11.9 Å². The van der Waals surface area contributed by atoms with Gasteiger partial charge in [-0.3, -0.25) is 9.78 Å². The number of rotatable bonds is 5. The van der Waals surface area contributed by atoms with Crippen molar-refractivity contribution >= 4 is 5.91 Å². The van der Waals surface area contributed by atoms with E-state index < -0.39 is 0 Å². The van der Waals surface area contributed by atoms with Crippen molar-refractivity contribution in [3.05, 3.63) is 66.2 Å². The lowest BCUT2D eigenvalue weighted by Gasteiger charge is -2.35. The number of aromatic nitrogens is 4. The maximum atomic E-state index is 13.2. The first-order chi connectivity index (χ1) is 13.8. The Bertz CT molecular complexity index is 920. The number of likely N-dealkylation sites (tertiary alicyclic amines) is 1. The van der Waals surface area contributed by atoms with Crippen molar-refractivity contribution in [3.8, 4) is 11.4 Å². The summed E-state index contributed by atoms with van der Waals surface area (Å²) in [4.78, 5) is 24.0. The summed E-state index contributed by atoms with van der Waals surface area (Å²) in [5.41, 5.74) is 2.65. The van der Waals surface area contributed by atoms with E-state index >= 15 is 0 Å². The fraction of sp³-hybridized carbons (Fsp3) is 0.364. The number of benzene rings is 1. The zero-order valence-electron chi connectivity index (χ0n) is 16.2. The summed E-state index contributed by atoms with van der Waals surface area (Å²) < 4.78 is 1.90. The third kappa shape index (κ3) is 3.67. The predicted octanol–water partition coefficient (Wildman–Crippen LogP) is 4.12. The Morgan fingerprint density at radius 2 is 1.96 bits per heavy atom. The van der Waals surface area contributed by atoms with Crippen LogP contribution >= 0.6 is 0 Å². The van der Waals surface area contributed by atoms with E-state index in [2.05, 4.69) is 22.0 Å². The van der Waals surface area contributed by atoms with Crippen LogP contribution in [0, 0.1) is 0 Å². The van der Waals surface area contributed by atoms with E-state index in [1.54, 1.807) is 12.5 Å². The Kier molecular flexibility index (Phi) is 5.46. The number of amides is 1. The molecule has 1 fully saturated rings. The second-order valence-electron chi connectivity index (χ2n) is 7.15. The molecule has 0 radical (unpaired) electrons. The molecule has 3 heterocycles. The standard InChI is InChI=1S/C22H25N5O/c1-2-14-27-21(24-16-25-27)17-9-11-18(12-10-17)22(28)26-15-6-4-8-20(26)19-7-3-5-13-23-19/h3,5,7,9-13,16,20H,2,4,6,8,14-15H2,1H3. The SMILES string of the molecule is CCCn1ncnc1-c1ccc(C(=O)N2CCCCC2c2ccccn2)cc1. The summed E-state index contributed by atoms with van der Waals surface area (Å²) in [6.45, 7) is 3.71. The molecule has 0 N–H and O–H groups in total.